The predicted octanol–water partition coefficient (Wildman–Crippen LogP) is 9.61. The van der Waals surface area contributed by atoms with E-state index in [0.717, 1.165) is 63.8 Å². The molecule has 0 aliphatic carbocycles. The third-order valence-corrected chi connectivity index (χ3v) is 8.16. The van der Waals surface area contributed by atoms with Crippen LogP contribution >= 0.6 is 0 Å². The maximum absolute atomic E-state index is 12.3. The van der Waals surface area contributed by atoms with Gasteiger partial charge in [-0.15, -0.1) is 0 Å². The first-order valence-corrected chi connectivity index (χ1v) is 16.2. The largest absolute Gasteiger partial charge is 0.495 e. The average molecular weight is 522 g/mol. The molecule has 1 heterocycles. The van der Waals surface area contributed by atoms with Crippen LogP contribution in [0.1, 0.15) is 156 Å². The van der Waals surface area contributed by atoms with E-state index in [1.54, 1.807) is 0 Å². The molecule has 0 aromatic rings. The number of likely N-dealkylation sites (tertiary alicyclic amines) is 1. The van der Waals surface area contributed by atoms with Gasteiger partial charge in [-0.25, -0.2) is 0 Å². The van der Waals surface area contributed by atoms with Crippen molar-refractivity contribution < 1.29 is 14.3 Å². The lowest BCUT2D eigenvalue weighted by molar-refractivity contribution is -0.149. The molecule has 2 unspecified atom stereocenters. The van der Waals surface area contributed by atoms with Crippen molar-refractivity contribution in [2.45, 2.75) is 168 Å². The van der Waals surface area contributed by atoms with Gasteiger partial charge in [0.05, 0.1) is 11.9 Å². The molecule has 1 aliphatic heterocycles. The van der Waals surface area contributed by atoms with E-state index in [4.69, 9.17) is 9.47 Å². The minimum atomic E-state index is -0.00192. The summed E-state index contributed by atoms with van der Waals surface area (Å²) < 4.78 is 12.2. The number of allylic oxidation sites excluding steroid dienone is 1. The second-order valence-electron chi connectivity index (χ2n) is 11.7. The molecule has 1 aliphatic rings. The zero-order valence-corrected chi connectivity index (χ0v) is 25.4. The zero-order valence-electron chi connectivity index (χ0n) is 25.4. The molecule has 0 bridgehead atoms. The number of carbonyl (C=O) groups excluding carboxylic acids is 1. The van der Waals surface area contributed by atoms with Crippen LogP contribution in [-0.4, -0.2) is 43.2 Å². The van der Waals surface area contributed by atoms with E-state index in [9.17, 15) is 4.79 Å². The quantitative estimate of drug-likeness (QED) is 0.0720. The van der Waals surface area contributed by atoms with E-state index in [1.807, 2.05) is 0 Å². The van der Waals surface area contributed by atoms with Gasteiger partial charge >= 0.3 is 5.97 Å². The molecule has 1 fully saturated rings. The lowest BCUT2D eigenvalue weighted by Gasteiger charge is -2.32. The Morgan fingerprint density at radius 2 is 1.22 bits per heavy atom. The summed E-state index contributed by atoms with van der Waals surface area (Å²) in [5, 5.41) is 0. The minimum Gasteiger partial charge on any atom is -0.495 e. The average Bonchev–Trinajstić information content (AvgIpc) is 2.89. The Bertz CT molecular complexity index is 556. The highest BCUT2D eigenvalue weighted by Crippen LogP contribution is 2.27. The number of ether oxygens (including phenoxy) is 2. The number of unbranched alkanes of at least 4 members (excludes halogenated alkanes) is 11. The highest BCUT2D eigenvalue weighted by atomic mass is 16.5. The van der Waals surface area contributed by atoms with Crippen molar-refractivity contribution in [2.24, 2.45) is 5.92 Å². The first-order chi connectivity index (χ1) is 18.0. The number of carbonyl (C=O) groups is 1. The SMILES string of the molecule is C=C(OC(CCCCCCCCC)CCCCCCC(=O)OC(CC)CCCCC)C1CCN(C)CC1. The standard InChI is InChI=1S/C33H63NO3/c1-6-9-11-12-13-14-18-22-32(36-29(4)30-25-27-34(5)28-26-30)23-19-15-16-20-24-33(35)37-31(8-3)21-17-10-7-2/h30-32H,4,6-28H2,1-3,5H3. The maximum atomic E-state index is 12.3. The fourth-order valence-electron chi connectivity index (χ4n) is 5.44. The van der Waals surface area contributed by atoms with Gasteiger partial charge in [-0.2, -0.15) is 0 Å². The molecule has 2 atom stereocenters. The minimum absolute atomic E-state index is 0.00192. The van der Waals surface area contributed by atoms with Gasteiger partial charge in [0.15, 0.2) is 0 Å². The topological polar surface area (TPSA) is 38.8 Å². The second kappa shape index (κ2) is 22.9. The lowest BCUT2D eigenvalue weighted by Crippen LogP contribution is -2.31. The Balaban J connectivity index is 2.30. The Hall–Kier alpha value is -1.03. The van der Waals surface area contributed by atoms with Crippen LogP contribution in [0.3, 0.4) is 0 Å². The smallest absolute Gasteiger partial charge is 0.306 e. The van der Waals surface area contributed by atoms with Crippen molar-refractivity contribution in [2.75, 3.05) is 20.1 Å². The first-order valence-electron chi connectivity index (χ1n) is 16.2. The summed E-state index contributed by atoms with van der Waals surface area (Å²) in [6.07, 6.45) is 24.9. The molecule has 218 valence electrons. The third kappa shape index (κ3) is 18.0. The van der Waals surface area contributed by atoms with E-state index < -0.39 is 0 Å². The number of hydrogen-bond acceptors (Lipinski definition) is 4. The van der Waals surface area contributed by atoms with Crippen LogP contribution in [0.4, 0.5) is 0 Å². The van der Waals surface area contributed by atoms with Gasteiger partial charge in [-0.05, 0) is 84.3 Å². The molecular formula is C33H63NO3. The van der Waals surface area contributed by atoms with Gasteiger partial charge in [-0.1, -0.05) is 91.6 Å². The molecule has 0 aromatic carbocycles. The summed E-state index contributed by atoms with van der Waals surface area (Å²) in [6, 6.07) is 0. The second-order valence-corrected chi connectivity index (χ2v) is 11.7. The highest BCUT2D eigenvalue weighted by molar-refractivity contribution is 5.69. The summed E-state index contributed by atoms with van der Waals surface area (Å²) in [7, 11) is 2.21. The molecule has 0 N–H and O–H groups in total. The van der Waals surface area contributed by atoms with Crippen molar-refractivity contribution in [3.8, 4) is 0 Å². The number of nitrogens with zero attached hydrogens (tertiary/aromatic N) is 1. The normalized spacial score (nSPS) is 16.4. The zero-order chi connectivity index (χ0) is 27.1. The maximum Gasteiger partial charge on any atom is 0.306 e. The fourth-order valence-corrected chi connectivity index (χ4v) is 5.44. The van der Waals surface area contributed by atoms with E-state index in [-0.39, 0.29) is 12.1 Å². The van der Waals surface area contributed by atoms with Crippen molar-refractivity contribution in [3.05, 3.63) is 12.3 Å². The third-order valence-electron chi connectivity index (χ3n) is 8.16. The van der Waals surface area contributed by atoms with Crippen molar-refractivity contribution in [3.63, 3.8) is 0 Å². The molecule has 0 spiro atoms. The summed E-state index contributed by atoms with van der Waals surface area (Å²) in [6.45, 7) is 13.3. The van der Waals surface area contributed by atoms with Crippen molar-refractivity contribution >= 4 is 5.97 Å². The number of rotatable bonds is 24. The number of piperidine rings is 1. The van der Waals surface area contributed by atoms with Crippen LogP contribution in [0.5, 0.6) is 0 Å². The fraction of sp³-hybridized carbons (Fsp3) is 0.909. The van der Waals surface area contributed by atoms with Crippen LogP contribution < -0.4 is 0 Å². The van der Waals surface area contributed by atoms with Gasteiger partial charge in [0, 0.05) is 12.3 Å². The summed E-state index contributed by atoms with van der Waals surface area (Å²) in [5.41, 5.74) is 0. The molecule has 4 nitrogen and oxygen atoms in total. The van der Waals surface area contributed by atoms with Gasteiger partial charge in [0.25, 0.3) is 0 Å². The lowest BCUT2D eigenvalue weighted by atomic mass is 9.95. The summed E-state index contributed by atoms with van der Waals surface area (Å²) in [5.74, 6) is 1.55. The van der Waals surface area contributed by atoms with Crippen LogP contribution in [0.15, 0.2) is 12.3 Å². The van der Waals surface area contributed by atoms with Crippen molar-refractivity contribution in [1.29, 1.82) is 0 Å². The molecule has 37 heavy (non-hydrogen) atoms. The molecular weight excluding hydrogens is 458 g/mol. The van der Waals surface area contributed by atoms with E-state index >= 15 is 0 Å². The van der Waals surface area contributed by atoms with Gasteiger partial charge in [0.2, 0.25) is 0 Å². The number of hydrogen-bond donors (Lipinski definition) is 0. The van der Waals surface area contributed by atoms with Crippen LogP contribution in [0.2, 0.25) is 0 Å². The molecule has 4 heteroatoms. The monoisotopic (exact) mass is 521 g/mol. The summed E-state index contributed by atoms with van der Waals surface area (Å²) >= 11 is 0. The molecule has 0 saturated carbocycles. The van der Waals surface area contributed by atoms with E-state index in [2.05, 4.69) is 39.3 Å². The van der Waals surface area contributed by atoms with Gasteiger partial charge in [-0.3, -0.25) is 4.79 Å². The van der Waals surface area contributed by atoms with Gasteiger partial charge in [0.1, 0.15) is 6.10 Å². The highest BCUT2D eigenvalue weighted by Gasteiger charge is 2.22. The molecule has 0 radical (unpaired) electrons. The van der Waals surface area contributed by atoms with Gasteiger partial charge < -0.3 is 14.4 Å². The molecule has 1 saturated heterocycles. The summed E-state index contributed by atoms with van der Waals surface area (Å²) in [4.78, 5) is 14.7. The molecule has 1 rings (SSSR count). The van der Waals surface area contributed by atoms with Crippen LogP contribution in [0, 0.1) is 5.92 Å². The Labute approximate surface area is 231 Å². The Morgan fingerprint density at radius 1 is 0.730 bits per heavy atom. The van der Waals surface area contributed by atoms with E-state index in [0.29, 0.717) is 18.4 Å². The Morgan fingerprint density at radius 3 is 1.81 bits per heavy atom. The van der Waals surface area contributed by atoms with E-state index in [1.165, 1.54) is 83.5 Å². The van der Waals surface area contributed by atoms with Crippen molar-refractivity contribution in [1.82, 2.24) is 4.90 Å². The van der Waals surface area contributed by atoms with Crippen LogP contribution in [0.25, 0.3) is 0 Å². The first kappa shape index (κ1) is 34.0. The van der Waals surface area contributed by atoms with Crippen LogP contribution in [-0.2, 0) is 14.3 Å². The molecule has 0 aromatic heterocycles. The molecule has 0 amide bonds. The predicted molar refractivity (Wildman–Crippen MR) is 159 cm³/mol. The number of esters is 1. The Kier molecular flexibility index (Phi) is 21.1.